The molecule has 0 aliphatic carbocycles. The van der Waals surface area contributed by atoms with Crippen LogP contribution in [0.5, 0.6) is 0 Å². The number of ether oxygens (including phenoxy) is 2. The first kappa shape index (κ1) is 17.8. The molecule has 0 aliphatic heterocycles. The average Bonchev–Trinajstić information content (AvgIpc) is 2.23. The summed E-state index contributed by atoms with van der Waals surface area (Å²) in [7, 11) is -3.05. The zero-order valence-corrected chi connectivity index (χ0v) is 13.0. The molecular weight excluding hydrogens is 254 g/mol. The van der Waals surface area contributed by atoms with Gasteiger partial charge in [0.05, 0.1) is 4.75 Å². The molecule has 0 amide bonds. The SMILES string of the molecule is CCOC(CCNCC(C)(C)S(C)(=O)=O)OCC. The van der Waals surface area contributed by atoms with Crippen molar-refractivity contribution < 1.29 is 17.9 Å². The smallest absolute Gasteiger partial charge is 0.158 e. The molecule has 0 aromatic heterocycles. The molecule has 0 heterocycles. The van der Waals surface area contributed by atoms with Gasteiger partial charge in [0.1, 0.15) is 0 Å². The molecule has 0 rings (SSSR count). The van der Waals surface area contributed by atoms with Crippen molar-refractivity contribution in [2.24, 2.45) is 0 Å². The quantitative estimate of drug-likeness (QED) is 0.481. The monoisotopic (exact) mass is 281 g/mol. The van der Waals surface area contributed by atoms with Gasteiger partial charge in [-0.25, -0.2) is 8.42 Å². The van der Waals surface area contributed by atoms with Crippen LogP contribution < -0.4 is 5.32 Å². The maximum absolute atomic E-state index is 11.5. The van der Waals surface area contributed by atoms with Crippen molar-refractivity contribution in [1.82, 2.24) is 5.32 Å². The maximum atomic E-state index is 11.5. The van der Waals surface area contributed by atoms with Crippen molar-refractivity contribution in [1.29, 1.82) is 0 Å². The summed E-state index contributed by atoms with van der Waals surface area (Å²) in [5.41, 5.74) is 0. The average molecular weight is 281 g/mol. The Labute approximate surface area is 111 Å². The Balaban J connectivity index is 3.97. The van der Waals surface area contributed by atoms with Gasteiger partial charge < -0.3 is 14.8 Å². The number of hydrogen-bond acceptors (Lipinski definition) is 5. The molecule has 0 saturated heterocycles. The fourth-order valence-electron chi connectivity index (χ4n) is 1.33. The molecular formula is C12H27NO4S. The van der Waals surface area contributed by atoms with E-state index < -0.39 is 14.6 Å². The Kier molecular flexibility index (Phi) is 8.02. The molecule has 18 heavy (non-hydrogen) atoms. The van der Waals surface area contributed by atoms with E-state index in [2.05, 4.69) is 5.32 Å². The lowest BCUT2D eigenvalue weighted by molar-refractivity contribution is -0.138. The summed E-state index contributed by atoms with van der Waals surface area (Å²) >= 11 is 0. The van der Waals surface area contributed by atoms with E-state index in [1.54, 1.807) is 13.8 Å². The third-order valence-electron chi connectivity index (χ3n) is 2.82. The summed E-state index contributed by atoms with van der Waals surface area (Å²) in [4.78, 5) is 0. The van der Waals surface area contributed by atoms with Crippen LogP contribution in [0.25, 0.3) is 0 Å². The topological polar surface area (TPSA) is 64.6 Å². The second-order valence-electron chi connectivity index (χ2n) is 4.84. The lowest BCUT2D eigenvalue weighted by Crippen LogP contribution is -2.42. The molecule has 0 radical (unpaired) electrons. The van der Waals surface area contributed by atoms with Gasteiger partial charge in [0.2, 0.25) is 0 Å². The minimum Gasteiger partial charge on any atom is -0.353 e. The molecule has 110 valence electrons. The summed E-state index contributed by atoms with van der Waals surface area (Å²) in [5.74, 6) is 0. The van der Waals surface area contributed by atoms with Crippen LogP contribution in [0, 0.1) is 0 Å². The number of hydrogen-bond donors (Lipinski definition) is 1. The highest BCUT2D eigenvalue weighted by Crippen LogP contribution is 2.13. The summed E-state index contributed by atoms with van der Waals surface area (Å²) in [5, 5.41) is 3.14. The fourth-order valence-corrected chi connectivity index (χ4v) is 1.69. The highest BCUT2D eigenvalue weighted by molar-refractivity contribution is 7.92. The molecule has 0 fully saturated rings. The van der Waals surface area contributed by atoms with Gasteiger partial charge in [-0.15, -0.1) is 0 Å². The Morgan fingerprint density at radius 3 is 2.06 bits per heavy atom. The minimum absolute atomic E-state index is 0.214. The second kappa shape index (κ2) is 8.09. The predicted octanol–water partition coefficient (Wildman–Crippen LogP) is 1.19. The third kappa shape index (κ3) is 6.68. The molecule has 0 aromatic carbocycles. The largest absolute Gasteiger partial charge is 0.353 e. The van der Waals surface area contributed by atoms with E-state index in [0.29, 0.717) is 32.7 Å². The van der Waals surface area contributed by atoms with E-state index in [-0.39, 0.29) is 6.29 Å². The van der Waals surface area contributed by atoms with Crippen LogP contribution in [-0.4, -0.2) is 52.0 Å². The van der Waals surface area contributed by atoms with Crippen LogP contribution in [0.2, 0.25) is 0 Å². The van der Waals surface area contributed by atoms with E-state index in [0.717, 1.165) is 0 Å². The first-order chi connectivity index (χ1) is 8.24. The van der Waals surface area contributed by atoms with Crippen LogP contribution in [0.15, 0.2) is 0 Å². The predicted molar refractivity (Wildman–Crippen MR) is 73.4 cm³/mol. The van der Waals surface area contributed by atoms with E-state index >= 15 is 0 Å². The van der Waals surface area contributed by atoms with E-state index in [1.165, 1.54) is 6.26 Å². The van der Waals surface area contributed by atoms with Crippen molar-refractivity contribution in [3.63, 3.8) is 0 Å². The van der Waals surface area contributed by atoms with Gasteiger partial charge in [0, 0.05) is 39.0 Å². The minimum atomic E-state index is -3.05. The maximum Gasteiger partial charge on any atom is 0.158 e. The molecule has 0 spiro atoms. The Morgan fingerprint density at radius 1 is 1.17 bits per heavy atom. The lowest BCUT2D eigenvalue weighted by Gasteiger charge is -2.23. The Morgan fingerprint density at radius 2 is 1.67 bits per heavy atom. The number of sulfone groups is 1. The number of rotatable bonds is 10. The van der Waals surface area contributed by atoms with Crippen molar-refractivity contribution in [2.75, 3.05) is 32.6 Å². The highest BCUT2D eigenvalue weighted by Gasteiger charge is 2.29. The van der Waals surface area contributed by atoms with Crippen LogP contribution in [0.3, 0.4) is 0 Å². The van der Waals surface area contributed by atoms with Crippen LogP contribution in [0.4, 0.5) is 0 Å². The molecule has 0 saturated carbocycles. The Bertz CT molecular complexity index is 308. The van der Waals surface area contributed by atoms with Crippen LogP contribution >= 0.6 is 0 Å². The van der Waals surface area contributed by atoms with E-state index in [9.17, 15) is 8.42 Å². The first-order valence-corrected chi connectivity index (χ1v) is 8.27. The van der Waals surface area contributed by atoms with Crippen LogP contribution in [0.1, 0.15) is 34.1 Å². The van der Waals surface area contributed by atoms with Crippen LogP contribution in [-0.2, 0) is 19.3 Å². The molecule has 0 aliphatic rings. The summed E-state index contributed by atoms with van der Waals surface area (Å²) in [6, 6.07) is 0. The molecule has 1 N–H and O–H groups in total. The van der Waals surface area contributed by atoms with Gasteiger partial charge in [0.15, 0.2) is 16.1 Å². The normalized spacial score (nSPS) is 13.2. The highest BCUT2D eigenvalue weighted by atomic mass is 32.2. The molecule has 6 heteroatoms. The third-order valence-corrected chi connectivity index (χ3v) is 4.97. The second-order valence-corrected chi connectivity index (χ2v) is 7.49. The van der Waals surface area contributed by atoms with Gasteiger partial charge in [0.25, 0.3) is 0 Å². The molecule has 0 bridgehead atoms. The molecule has 0 aromatic rings. The van der Waals surface area contributed by atoms with Crippen molar-refractivity contribution in [3.8, 4) is 0 Å². The van der Waals surface area contributed by atoms with Crippen molar-refractivity contribution in [2.45, 2.75) is 45.2 Å². The molecule has 0 atom stereocenters. The van der Waals surface area contributed by atoms with Crippen molar-refractivity contribution in [3.05, 3.63) is 0 Å². The van der Waals surface area contributed by atoms with Gasteiger partial charge in [-0.3, -0.25) is 0 Å². The zero-order chi connectivity index (χ0) is 14.2. The summed E-state index contributed by atoms with van der Waals surface area (Å²) < 4.78 is 33.0. The van der Waals surface area contributed by atoms with Gasteiger partial charge >= 0.3 is 0 Å². The van der Waals surface area contributed by atoms with Gasteiger partial charge in [-0.2, -0.15) is 0 Å². The standard InChI is InChI=1S/C12H27NO4S/c1-6-16-11(17-7-2)8-9-13-10-12(3,4)18(5,14)15/h11,13H,6-10H2,1-5H3. The zero-order valence-electron chi connectivity index (χ0n) is 12.2. The fraction of sp³-hybridized carbons (Fsp3) is 1.00. The van der Waals surface area contributed by atoms with E-state index in [4.69, 9.17) is 9.47 Å². The van der Waals surface area contributed by atoms with Gasteiger partial charge in [-0.05, 0) is 27.7 Å². The Hall–Kier alpha value is -0.170. The van der Waals surface area contributed by atoms with Crippen molar-refractivity contribution >= 4 is 9.84 Å². The summed E-state index contributed by atoms with van der Waals surface area (Å²) in [6.45, 7) is 9.60. The van der Waals surface area contributed by atoms with Gasteiger partial charge in [-0.1, -0.05) is 0 Å². The summed E-state index contributed by atoms with van der Waals surface area (Å²) in [6.07, 6.45) is 1.76. The van der Waals surface area contributed by atoms with E-state index in [1.807, 2.05) is 13.8 Å². The molecule has 0 unspecified atom stereocenters. The molecule has 5 nitrogen and oxygen atoms in total. The first-order valence-electron chi connectivity index (χ1n) is 6.38. The lowest BCUT2D eigenvalue weighted by atomic mass is 10.2. The number of nitrogens with one attached hydrogen (secondary N) is 1.